The predicted octanol–water partition coefficient (Wildman–Crippen LogP) is 3.80. The number of phenols is 1. The van der Waals surface area contributed by atoms with Gasteiger partial charge in [0, 0.05) is 11.4 Å². The second-order valence-corrected chi connectivity index (χ2v) is 6.19. The molecule has 1 aromatic heterocycles. The van der Waals surface area contributed by atoms with Crippen molar-refractivity contribution in [1.29, 1.82) is 0 Å². The predicted molar refractivity (Wildman–Crippen MR) is 91.0 cm³/mol. The lowest BCUT2D eigenvalue weighted by Crippen LogP contribution is -2.20. The first kappa shape index (κ1) is 14.8. The number of aromatic hydroxyl groups is 1. The Morgan fingerprint density at radius 3 is 2.92 bits per heavy atom. The normalized spacial score (nSPS) is 12.2. The van der Waals surface area contributed by atoms with Crippen LogP contribution < -0.4 is 10.3 Å². The average Bonchev–Trinajstić information content (AvgIpc) is 2.55. The molecule has 1 aliphatic heterocycles. The third kappa shape index (κ3) is 2.43. The molecule has 4 rings (SSSR count). The average molecular weight is 341 g/mol. The fraction of sp³-hybridized carbons (Fsp3) is 0.111. The second-order valence-electron chi connectivity index (χ2n) is 5.75. The molecule has 0 unspecified atom stereocenters. The first-order valence-electron chi connectivity index (χ1n) is 7.41. The van der Waals surface area contributed by atoms with Crippen LogP contribution in [-0.4, -0.2) is 15.1 Å². The summed E-state index contributed by atoms with van der Waals surface area (Å²) in [4.78, 5) is 19.5. The van der Waals surface area contributed by atoms with E-state index >= 15 is 0 Å². The molecule has 2 heterocycles. The molecule has 0 atom stereocenters. The molecule has 3 aromatic rings. The van der Waals surface area contributed by atoms with E-state index in [0.717, 1.165) is 11.1 Å². The Morgan fingerprint density at radius 1 is 1.25 bits per heavy atom. The Kier molecular flexibility index (Phi) is 3.32. The summed E-state index contributed by atoms with van der Waals surface area (Å²) in [7, 11) is 0. The minimum atomic E-state index is -0.290. The number of phenolic OH excluding ortho intramolecular Hbond substituents is 1. The third-order valence-electron chi connectivity index (χ3n) is 3.98. The van der Waals surface area contributed by atoms with Gasteiger partial charge in [0.1, 0.15) is 17.3 Å². The lowest BCUT2D eigenvalue weighted by molar-refractivity contribution is 0.437. The van der Waals surface area contributed by atoms with Gasteiger partial charge in [0.25, 0.3) is 5.56 Å². The lowest BCUT2D eigenvalue weighted by Gasteiger charge is -2.19. The molecule has 5 nitrogen and oxygen atoms in total. The standard InChI is InChI=1S/C18H13ClN2O3/c1-9-2-5-15-10(6-9)7-13-17(23)20-16(21-18(13)24-15)12-8-11(19)3-4-14(12)22/h2-6,8,22H,7H2,1H3,(H,20,21,23). The topological polar surface area (TPSA) is 75.2 Å². The van der Waals surface area contributed by atoms with Crippen molar-refractivity contribution in [2.75, 3.05) is 0 Å². The maximum absolute atomic E-state index is 12.5. The summed E-state index contributed by atoms with van der Waals surface area (Å²) in [5, 5.41) is 10.4. The number of ether oxygens (including phenoxy) is 1. The van der Waals surface area contributed by atoms with Gasteiger partial charge in [-0.15, -0.1) is 0 Å². The summed E-state index contributed by atoms with van der Waals surface area (Å²) in [6.07, 6.45) is 0.455. The zero-order valence-electron chi connectivity index (χ0n) is 12.8. The van der Waals surface area contributed by atoms with Crippen LogP contribution >= 0.6 is 11.6 Å². The van der Waals surface area contributed by atoms with Crippen LogP contribution in [0.15, 0.2) is 41.2 Å². The molecule has 0 radical (unpaired) electrons. The molecule has 0 amide bonds. The Morgan fingerprint density at radius 2 is 2.08 bits per heavy atom. The SMILES string of the molecule is Cc1ccc2c(c1)Cc1c(nc(-c3cc(Cl)ccc3O)[nH]c1=O)O2. The number of aryl methyl sites for hydroxylation is 1. The van der Waals surface area contributed by atoms with Crippen molar-refractivity contribution in [3.05, 3.63) is 68.5 Å². The molecule has 2 aromatic carbocycles. The van der Waals surface area contributed by atoms with Crippen molar-refractivity contribution in [2.24, 2.45) is 0 Å². The highest BCUT2D eigenvalue weighted by Gasteiger charge is 2.23. The first-order chi connectivity index (χ1) is 11.5. The Bertz CT molecular complexity index is 1030. The zero-order valence-corrected chi connectivity index (χ0v) is 13.5. The number of fused-ring (bicyclic) bond motifs is 2. The number of aromatic nitrogens is 2. The van der Waals surface area contributed by atoms with Crippen LogP contribution in [-0.2, 0) is 6.42 Å². The van der Waals surface area contributed by atoms with E-state index in [4.69, 9.17) is 16.3 Å². The molecule has 0 bridgehead atoms. The van der Waals surface area contributed by atoms with Crippen LogP contribution in [0.2, 0.25) is 5.02 Å². The second kappa shape index (κ2) is 5.39. The molecule has 1 aliphatic rings. The molecule has 0 saturated heterocycles. The van der Waals surface area contributed by atoms with Crippen molar-refractivity contribution in [3.63, 3.8) is 0 Å². The number of nitrogens with one attached hydrogen (secondary N) is 1. The number of hydrogen-bond donors (Lipinski definition) is 2. The summed E-state index contributed by atoms with van der Waals surface area (Å²) >= 11 is 5.97. The molecular formula is C18H13ClN2O3. The van der Waals surface area contributed by atoms with Gasteiger partial charge in [-0.3, -0.25) is 4.79 Å². The van der Waals surface area contributed by atoms with Gasteiger partial charge in [-0.25, -0.2) is 0 Å². The molecule has 120 valence electrons. The van der Waals surface area contributed by atoms with Crippen LogP contribution in [0, 0.1) is 6.92 Å². The van der Waals surface area contributed by atoms with Crippen LogP contribution in [0.25, 0.3) is 11.4 Å². The Labute approximate surface area is 142 Å². The quantitative estimate of drug-likeness (QED) is 0.552. The number of hydrogen-bond acceptors (Lipinski definition) is 4. The maximum atomic E-state index is 12.5. The molecule has 2 N–H and O–H groups in total. The molecule has 0 aliphatic carbocycles. The number of H-pyrrole nitrogens is 1. The zero-order chi connectivity index (χ0) is 16.8. The van der Waals surface area contributed by atoms with Gasteiger partial charge < -0.3 is 14.8 Å². The Hall–Kier alpha value is -2.79. The highest BCUT2D eigenvalue weighted by Crippen LogP contribution is 2.36. The summed E-state index contributed by atoms with van der Waals surface area (Å²) < 4.78 is 5.80. The van der Waals surface area contributed by atoms with E-state index in [-0.39, 0.29) is 23.0 Å². The Balaban J connectivity index is 1.85. The van der Waals surface area contributed by atoms with E-state index < -0.39 is 0 Å². The summed E-state index contributed by atoms with van der Waals surface area (Å²) in [5.74, 6) is 1.14. The van der Waals surface area contributed by atoms with Gasteiger partial charge in [-0.05, 0) is 36.8 Å². The maximum Gasteiger partial charge on any atom is 0.258 e. The van der Waals surface area contributed by atoms with E-state index in [2.05, 4.69) is 9.97 Å². The molecule has 0 fully saturated rings. The van der Waals surface area contributed by atoms with Gasteiger partial charge in [0.2, 0.25) is 5.88 Å². The highest BCUT2D eigenvalue weighted by atomic mass is 35.5. The van der Waals surface area contributed by atoms with Gasteiger partial charge >= 0.3 is 0 Å². The molecule has 6 heteroatoms. The fourth-order valence-corrected chi connectivity index (χ4v) is 2.96. The van der Waals surface area contributed by atoms with Crippen LogP contribution in [0.3, 0.4) is 0 Å². The summed E-state index contributed by atoms with van der Waals surface area (Å²) in [5.41, 5.74) is 2.58. The number of benzene rings is 2. The van der Waals surface area contributed by atoms with Crippen LogP contribution in [0.5, 0.6) is 17.4 Å². The highest BCUT2D eigenvalue weighted by molar-refractivity contribution is 6.30. The summed E-state index contributed by atoms with van der Waals surface area (Å²) in [6, 6.07) is 10.4. The lowest BCUT2D eigenvalue weighted by atomic mass is 10.0. The van der Waals surface area contributed by atoms with Gasteiger partial charge in [0.15, 0.2) is 0 Å². The van der Waals surface area contributed by atoms with Crippen LogP contribution in [0.4, 0.5) is 0 Å². The molecular weight excluding hydrogens is 328 g/mol. The minimum absolute atomic E-state index is 0.0191. The van der Waals surface area contributed by atoms with Crippen molar-refractivity contribution < 1.29 is 9.84 Å². The number of nitrogens with zero attached hydrogens (tertiary/aromatic N) is 1. The van der Waals surface area contributed by atoms with Gasteiger partial charge in [-0.1, -0.05) is 29.3 Å². The monoisotopic (exact) mass is 340 g/mol. The van der Waals surface area contributed by atoms with E-state index in [9.17, 15) is 9.90 Å². The van der Waals surface area contributed by atoms with Crippen molar-refractivity contribution in [2.45, 2.75) is 13.3 Å². The van der Waals surface area contributed by atoms with E-state index in [1.807, 2.05) is 25.1 Å². The smallest absolute Gasteiger partial charge is 0.258 e. The number of aromatic amines is 1. The minimum Gasteiger partial charge on any atom is -0.507 e. The van der Waals surface area contributed by atoms with Crippen molar-refractivity contribution >= 4 is 11.6 Å². The van der Waals surface area contributed by atoms with E-state index in [0.29, 0.717) is 28.3 Å². The fourth-order valence-electron chi connectivity index (χ4n) is 2.78. The molecule has 24 heavy (non-hydrogen) atoms. The first-order valence-corrected chi connectivity index (χ1v) is 7.78. The van der Waals surface area contributed by atoms with Crippen molar-refractivity contribution in [3.8, 4) is 28.8 Å². The van der Waals surface area contributed by atoms with E-state index in [1.165, 1.54) is 6.07 Å². The van der Waals surface area contributed by atoms with Crippen molar-refractivity contribution in [1.82, 2.24) is 9.97 Å². The largest absolute Gasteiger partial charge is 0.507 e. The van der Waals surface area contributed by atoms with Gasteiger partial charge in [-0.2, -0.15) is 4.98 Å². The van der Waals surface area contributed by atoms with Crippen LogP contribution in [0.1, 0.15) is 16.7 Å². The molecule has 0 saturated carbocycles. The third-order valence-corrected chi connectivity index (χ3v) is 4.22. The number of halogens is 1. The molecule has 0 spiro atoms. The van der Waals surface area contributed by atoms with E-state index in [1.54, 1.807) is 12.1 Å². The summed E-state index contributed by atoms with van der Waals surface area (Å²) in [6.45, 7) is 1.99. The number of rotatable bonds is 1. The van der Waals surface area contributed by atoms with Gasteiger partial charge in [0.05, 0.1) is 11.1 Å².